The molecule has 4 N–H and O–H groups in total. The molecular formula is C22H26N4O2. The number of aromatic amines is 1. The number of amides is 3. The maximum atomic E-state index is 12.3. The summed E-state index contributed by atoms with van der Waals surface area (Å²) >= 11 is 0. The zero-order valence-electron chi connectivity index (χ0n) is 16.4. The van der Waals surface area contributed by atoms with Crippen LogP contribution in [0.25, 0.3) is 10.9 Å². The Morgan fingerprint density at radius 3 is 2.61 bits per heavy atom. The number of hydrogen-bond acceptors (Lipinski definition) is 2. The highest BCUT2D eigenvalue weighted by Gasteiger charge is 2.15. The smallest absolute Gasteiger partial charge is 0.319 e. The molecule has 3 aromatic rings. The maximum Gasteiger partial charge on any atom is 0.319 e. The molecule has 0 saturated heterocycles. The summed E-state index contributed by atoms with van der Waals surface area (Å²) in [7, 11) is 0. The fourth-order valence-corrected chi connectivity index (χ4v) is 2.98. The van der Waals surface area contributed by atoms with Gasteiger partial charge >= 0.3 is 6.03 Å². The summed E-state index contributed by atoms with van der Waals surface area (Å²) in [4.78, 5) is 27.7. The third-order valence-corrected chi connectivity index (χ3v) is 4.23. The van der Waals surface area contributed by atoms with E-state index in [9.17, 15) is 9.59 Å². The van der Waals surface area contributed by atoms with Crippen LogP contribution in [0.1, 0.15) is 36.7 Å². The van der Waals surface area contributed by atoms with Crippen LogP contribution in [0.4, 0.5) is 10.5 Å². The largest absolute Gasteiger partial charge is 0.361 e. The zero-order chi connectivity index (χ0) is 20.1. The highest BCUT2D eigenvalue weighted by atomic mass is 16.2. The standard InChI is InChI=1S/C22H26N4O2/c1-22(2,3)26-20(27)15-7-6-8-17(13-15)25-21(28)23-12-11-16-14-24-19-10-5-4-9-18(16)19/h4-10,13-14,24H,11-12H2,1-3H3,(H,26,27)(H2,23,25,28). The van der Waals surface area contributed by atoms with Gasteiger partial charge < -0.3 is 20.9 Å². The molecule has 0 aliphatic rings. The van der Waals surface area contributed by atoms with Crippen LogP contribution < -0.4 is 16.0 Å². The Kier molecular flexibility index (Phi) is 5.68. The summed E-state index contributed by atoms with van der Waals surface area (Å²) in [5, 5.41) is 9.71. The van der Waals surface area contributed by atoms with Crippen molar-refractivity contribution in [2.24, 2.45) is 0 Å². The molecule has 146 valence electrons. The van der Waals surface area contributed by atoms with E-state index in [2.05, 4.69) is 27.0 Å². The maximum absolute atomic E-state index is 12.3. The van der Waals surface area contributed by atoms with Gasteiger partial charge in [0.05, 0.1) is 0 Å². The summed E-state index contributed by atoms with van der Waals surface area (Å²) in [6, 6.07) is 14.7. The Morgan fingerprint density at radius 2 is 1.82 bits per heavy atom. The second-order valence-electron chi connectivity index (χ2n) is 7.78. The molecule has 1 heterocycles. The third kappa shape index (κ3) is 5.13. The van der Waals surface area contributed by atoms with Crippen molar-refractivity contribution < 1.29 is 9.59 Å². The van der Waals surface area contributed by atoms with Crippen molar-refractivity contribution >= 4 is 28.5 Å². The molecule has 0 aliphatic carbocycles. The molecule has 1 aromatic heterocycles. The normalized spacial score (nSPS) is 11.2. The fraction of sp³-hybridized carbons (Fsp3) is 0.273. The van der Waals surface area contributed by atoms with Crippen molar-refractivity contribution in [3.8, 4) is 0 Å². The lowest BCUT2D eigenvalue weighted by molar-refractivity contribution is 0.0919. The Morgan fingerprint density at radius 1 is 1.04 bits per heavy atom. The second kappa shape index (κ2) is 8.17. The average molecular weight is 378 g/mol. The monoisotopic (exact) mass is 378 g/mol. The number of carbonyl (C=O) groups excluding carboxylic acids is 2. The first-order valence-corrected chi connectivity index (χ1v) is 9.34. The summed E-state index contributed by atoms with van der Waals surface area (Å²) < 4.78 is 0. The Hall–Kier alpha value is -3.28. The summed E-state index contributed by atoms with van der Waals surface area (Å²) in [5.41, 5.74) is 3.02. The van der Waals surface area contributed by atoms with E-state index in [4.69, 9.17) is 0 Å². The zero-order valence-corrected chi connectivity index (χ0v) is 16.4. The first-order chi connectivity index (χ1) is 13.3. The summed E-state index contributed by atoms with van der Waals surface area (Å²) in [6.45, 7) is 6.29. The fourth-order valence-electron chi connectivity index (χ4n) is 2.98. The molecule has 0 saturated carbocycles. The quantitative estimate of drug-likeness (QED) is 0.540. The number of urea groups is 1. The highest BCUT2D eigenvalue weighted by molar-refractivity contribution is 5.97. The van der Waals surface area contributed by atoms with Gasteiger partial charge in [0.1, 0.15) is 0 Å². The van der Waals surface area contributed by atoms with Crippen molar-refractivity contribution in [2.45, 2.75) is 32.7 Å². The van der Waals surface area contributed by atoms with Gasteiger partial charge in [-0.2, -0.15) is 0 Å². The number of nitrogens with one attached hydrogen (secondary N) is 4. The third-order valence-electron chi connectivity index (χ3n) is 4.23. The van der Waals surface area contributed by atoms with Crippen molar-refractivity contribution in [1.82, 2.24) is 15.6 Å². The highest BCUT2D eigenvalue weighted by Crippen LogP contribution is 2.17. The predicted octanol–water partition coefficient (Wildman–Crippen LogP) is 4.06. The van der Waals surface area contributed by atoms with Gasteiger partial charge in [-0.1, -0.05) is 24.3 Å². The predicted molar refractivity (Wildman–Crippen MR) is 113 cm³/mol. The number of H-pyrrole nitrogens is 1. The van der Waals surface area contributed by atoms with Crippen molar-refractivity contribution in [3.05, 3.63) is 65.9 Å². The van der Waals surface area contributed by atoms with Crippen LogP contribution in [-0.2, 0) is 6.42 Å². The lowest BCUT2D eigenvalue weighted by Gasteiger charge is -2.20. The number of rotatable bonds is 5. The molecule has 3 amide bonds. The molecular weight excluding hydrogens is 352 g/mol. The number of anilines is 1. The van der Waals surface area contributed by atoms with Crippen LogP contribution in [0, 0.1) is 0 Å². The van der Waals surface area contributed by atoms with Crippen LogP contribution in [0.3, 0.4) is 0 Å². The average Bonchev–Trinajstić information content (AvgIpc) is 3.04. The van der Waals surface area contributed by atoms with Gasteiger partial charge in [-0.15, -0.1) is 0 Å². The first-order valence-electron chi connectivity index (χ1n) is 9.34. The minimum absolute atomic E-state index is 0.170. The van der Waals surface area contributed by atoms with Crippen LogP contribution in [0.2, 0.25) is 0 Å². The van der Waals surface area contributed by atoms with Gasteiger partial charge in [-0.25, -0.2) is 4.79 Å². The van der Waals surface area contributed by atoms with Crippen molar-refractivity contribution in [2.75, 3.05) is 11.9 Å². The first kappa shape index (κ1) is 19.5. The minimum atomic E-state index is -0.319. The topological polar surface area (TPSA) is 86.0 Å². The van der Waals surface area contributed by atoms with Gasteiger partial charge in [-0.3, -0.25) is 4.79 Å². The van der Waals surface area contributed by atoms with Crippen LogP contribution in [0.15, 0.2) is 54.7 Å². The van der Waals surface area contributed by atoms with Crippen LogP contribution >= 0.6 is 0 Å². The minimum Gasteiger partial charge on any atom is -0.361 e. The van der Waals surface area contributed by atoms with Crippen molar-refractivity contribution in [3.63, 3.8) is 0 Å². The molecule has 0 aliphatic heterocycles. The van der Waals surface area contributed by atoms with Crippen LogP contribution in [0.5, 0.6) is 0 Å². The van der Waals surface area contributed by atoms with Gasteiger partial charge in [0.25, 0.3) is 5.91 Å². The summed E-state index contributed by atoms with van der Waals surface area (Å²) in [6.07, 6.45) is 2.70. The van der Waals surface area contributed by atoms with E-state index in [-0.39, 0.29) is 17.5 Å². The molecule has 6 heteroatoms. The van der Waals surface area contributed by atoms with E-state index in [1.165, 1.54) is 5.39 Å². The lowest BCUT2D eigenvalue weighted by Crippen LogP contribution is -2.40. The molecule has 0 atom stereocenters. The number of aromatic nitrogens is 1. The molecule has 0 bridgehead atoms. The Balaban J connectivity index is 1.53. The number of para-hydroxylation sites is 1. The van der Waals surface area contributed by atoms with E-state index < -0.39 is 0 Å². The van der Waals surface area contributed by atoms with Crippen molar-refractivity contribution in [1.29, 1.82) is 0 Å². The van der Waals surface area contributed by atoms with E-state index in [0.717, 1.165) is 17.5 Å². The molecule has 2 aromatic carbocycles. The Bertz CT molecular complexity index is 985. The van der Waals surface area contributed by atoms with E-state index in [1.807, 2.05) is 45.2 Å². The van der Waals surface area contributed by atoms with E-state index in [1.54, 1.807) is 24.3 Å². The number of fused-ring (bicyclic) bond motifs is 1. The molecule has 3 rings (SSSR count). The van der Waals surface area contributed by atoms with Gasteiger partial charge in [0.2, 0.25) is 0 Å². The van der Waals surface area contributed by atoms with Gasteiger partial charge in [0, 0.05) is 40.4 Å². The molecule has 0 radical (unpaired) electrons. The number of hydrogen-bond donors (Lipinski definition) is 4. The van der Waals surface area contributed by atoms with Gasteiger partial charge in [-0.05, 0) is 57.0 Å². The summed E-state index contributed by atoms with van der Waals surface area (Å²) in [5.74, 6) is -0.170. The second-order valence-corrected chi connectivity index (χ2v) is 7.78. The SMILES string of the molecule is CC(C)(C)NC(=O)c1cccc(NC(=O)NCCc2c[nH]c3ccccc23)c1. The van der Waals surface area contributed by atoms with Gasteiger partial charge in [0.15, 0.2) is 0 Å². The molecule has 6 nitrogen and oxygen atoms in total. The lowest BCUT2D eigenvalue weighted by atomic mass is 10.1. The number of carbonyl (C=O) groups is 2. The van der Waals surface area contributed by atoms with E-state index >= 15 is 0 Å². The van der Waals surface area contributed by atoms with Crippen LogP contribution in [-0.4, -0.2) is 29.0 Å². The molecule has 0 fully saturated rings. The molecule has 0 unspecified atom stereocenters. The number of benzene rings is 2. The molecule has 0 spiro atoms. The Labute approximate surface area is 164 Å². The molecule has 28 heavy (non-hydrogen) atoms. The van der Waals surface area contributed by atoms with E-state index in [0.29, 0.717) is 17.8 Å².